The number of rotatable bonds is 5. The summed E-state index contributed by atoms with van der Waals surface area (Å²) in [5.41, 5.74) is -1.34. The maximum atomic E-state index is 12.3. The summed E-state index contributed by atoms with van der Waals surface area (Å²) < 4.78 is 10.2. The first-order valence-electron chi connectivity index (χ1n) is 6.81. The van der Waals surface area contributed by atoms with E-state index in [9.17, 15) is 9.59 Å². The first-order valence-corrected chi connectivity index (χ1v) is 6.81. The van der Waals surface area contributed by atoms with Crippen molar-refractivity contribution >= 4 is 11.9 Å². The third-order valence-corrected chi connectivity index (χ3v) is 3.95. The molecule has 1 rings (SSSR count). The molecule has 1 unspecified atom stereocenters. The van der Waals surface area contributed by atoms with E-state index in [2.05, 4.69) is 6.58 Å². The molecule has 0 N–H and O–H groups in total. The summed E-state index contributed by atoms with van der Waals surface area (Å²) in [6.07, 6.45) is 2.68. The number of allylic oxidation sites excluding steroid dienone is 1. The zero-order valence-electron chi connectivity index (χ0n) is 12.3. The van der Waals surface area contributed by atoms with E-state index in [1.807, 2.05) is 19.9 Å². The van der Waals surface area contributed by atoms with Crippen LogP contribution in [0.5, 0.6) is 0 Å². The SMILES string of the molecule is C=CC1CC(C(=O)OCC)(C(=O)OCC)CC1(C)C. The van der Waals surface area contributed by atoms with Gasteiger partial charge in [0.1, 0.15) is 0 Å². The number of hydrogen-bond acceptors (Lipinski definition) is 4. The molecule has 0 bridgehead atoms. The fraction of sp³-hybridized carbons (Fsp3) is 0.733. The molecular formula is C15H24O4. The molecule has 0 saturated heterocycles. The van der Waals surface area contributed by atoms with Gasteiger partial charge in [-0.3, -0.25) is 9.59 Å². The molecule has 1 atom stereocenters. The third-order valence-electron chi connectivity index (χ3n) is 3.95. The van der Waals surface area contributed by atoms with Gasteiger partial charge in [0.15, 0.2) is 5.41 Å². The van der Waals surface area contributed by atoms with Gasteiger partial charge in [-0.05, 0) is 38.0 Å². The van der Waals surface area contributed by atoms with Gasteiger partial charge in [0, 0.05) is 0 Å². The fourth-order valence-electron chi connectivity index (χ4n) is 2.97. The maximum Gasteiger partial charge on any atom is 0.323 e. The van der Waals surface area contributed by atoms with Crippen LogP contribution in [0.2, 0.25) is 0 Å². The van der Waals surface area contributed by atoms with E-state index in [0.717, 1.165) is 0 Å². The summed E-state index contributed by atoms with van der Waals surface area (Å²) in [6, 6.07) is 0. The Hall–Kier alpha value is -1.32. The summed E-state index contributed by atoms with van der Waals surface area (Å²) in [5, 5.41) is 0. The van der Waals surface area contributed by atoms with Crippen molar-refractivity contribution in [2.75, 3.05) is 13.2 Å². The van der Waals surface area contributed by atoms with Gasteiger partial charge >= 0.3 is 11.9 Å². The summed E-state index contributed by atoms with van der Waals surface area (Å²) in [5.74, 6) is -0.835. The van der Waals surface area contributed by atoms with Crippen LogP contribution in [0.1, 0.15) is 40.5 Å². The fourth-order valence-corrected chi connectivity index (χ4v) is 2.97. The Bertz CT molecular complexity index is 352. The van der Waals surface area contributed by atoms with Gasteiger partial charge in [0.25, 0.3) is 0 Å². The number of hydrogen-bond donors (Lipinski definition) is 0. The molecule has 0 aromatic heterocycles. The predicted molar refractivity (Wildman–Crippen MR) is 72.4 cm³/mol. The van der Waals surface area contributed by atoms with Crippen LogP contribution >= 0.6 is 0 Å². The van der Waals surface area contributed by atoms with Crippen molar-refractivity contribution in [2.45, 2.75) is 40.5 Å². The van der Waals surface area contributed by atoms with E-state index in [1.54, 1.807) is 13.8 Å². The molecule has 4 nitrogen and oxygen atoms in total. The molecule has 0 aliphatic heterocycles. The molecule has 0 heterocycles. The Morgan fingerprint density at radius 3 is 2.00 bits per heavy atom. The first-order chi connectivity index (χ1) is 8.84. The van der Waals surface area contributed by atoms with E-state index in [1.165, 1.54) is 0 Å². The summed E-state index contributed by atoms with van der Waals surface area (Å²) in [7, 11) is 0. The molecule has 19 heavy (non-hydrogen) atoms. The standard InChI is InChI=1S/C15H24O4/c1-6-11-9-15(10-14(11,4)5,12(16)18-7-2)13(17)19-8-3/h6,11H,1,7-10H2,2-5H3. The highest BCUT2D eigenvalue weighted by molar-refractivity contribution is 6.00. The van der Waals surface area contributed by atoms with Gasteiger partial charge in [0.05, 0.1) is 13.2 Å². The van der Waals surface area contributed by atoms with Crippen molar-refractivity contribution in [2.24, 2.45) is 16.7 Å². The third kappa shape index (κ3) is 2.82. The van der Waals surface area contributed by atoms with Gasteiger partial charge in [-0.1, -0.05) is 19.9 Å². The monoisotopic (exact) mass is 268 g/mol. The average molecular weight is 268 g/mol. The Morgan fingerprint density at radius 2 is 1.68 bits per heavy atom. The van der Waals surface area contributed by atoms with E-state index in [-0.39, 0.29) is 24.5 Å². The molecule has 108 valence electrons. The van der Waals surface area contributed by atoms with Crippen LogP contribution in [0, 0.1) is 16.7 Å². The minimum Gasteiger partial charge on any atom is -0.465 e. The van der Waals surface area contributed by atoms with E-state index in [0.29, 0.717) is 12.8 Å². The molecule has 1 aliphatic rings. The Balaban J connectivity index is 3.12. The molecule has 0 spiro atoms. The van der Waals surface area contributed by atoms with Crippen LogP contribution < -0.4 is 0 Å². The van der Waals surface area contributed by atoms with Crippen LogP contribution in [0.15, 0.2) is 12.7 Å². The van der Waals surface area contributed by atoms with Crippen molar-refractivity contribution in [1.82, 2.24) is 0 Å². The smallest absolute Gasteiger partial charge is 0.323 e. The number of carbonyl (C=O) groups excluding carboxylic acids is 2. The Labute approximate surface area is 115 Å². The molecule has 0 amide bonds. The second-order valence-corrected chi connectivity index (χ2v) is 5.73. The molecule has 1 aliphatic carbocycles. The highest BCUT2D eigenvalue weighted by Gasteiger charge is 2.59. The minimum atomic E-state index is -1.17. The lowest BCUT2D eigenvalue weighted by Gasteiger charge is -2.26. The van der Waals surface area contributed by atoms with Crippen molar-refractivity contribution < 1.29 is 19.1 Å². The normalized spacial score (nSPS) is 23.7. The van der Waals surface area contributed by atoms with Crippen LogP contribution in [0.25, 0.3) is 0 Å². The first kappa shape index (κ1) is 15.7. The van der Waals surface area contributed by atoms with Crippen molar-refractivity contribution in [3.63, 3.8) is 0 Å². The van der Waals surface area contributed by atoms with E-state index in [4.69, 9.17) is 9.47 Å². The Morgan fingerprint density at radius 1 is 1.21 bits per heavy atom. The number of ether oxygens (including phenoxy) is 2. The zero-order valence-corrected chi connectivity index (χ0v) is 12.3. The quantitative estimate of drug-likeness (QED) is 0.437. The average Bonchev–Trinajstić information content (AvgIpc) is 2.62. The van der Waals surface area contributed by atoms with Crippen LogP contribution in [-0.4, -0.2) is 25.2 Å². The predicted octanol–water partition coefficient (Wildman–Crippen LogP) is 2.72. The Kier molecular flexibility index (Phi) is 4.77. The summed E-state index contributed by atoms with van der Waals surface area (Å²) in [4.78, 5) is 24.6. The van der Waals surface area contributed by atoms with Crippen molar-refractivity contribution in [1.29, 1.82) is 0 Å². The van der Waals surface area contributed by atoms with Gasteiger partial charge in [0.2, 0.25) is 0 Å². The van der Waals surface area contributed by atoms with Crippen LogP contribution in [0.3, 0.4) is 0 Å². The molecule has 1 saturated carbocycles. The van der Waals surface area contributed by atoms with Crippen molar-refractivity contribution in [3.8, 4) is 0 Å². The largest absolute Gasteiger partial charge is 0.465 e. The van der Waals surface area contributed by atoms with E-state index >= 15 is 0 Å². The van der Waals surface area contributed by atoms with Crippen LogP contribution in [0.4, 0.5) is 0 Å². The number of carbonyl (C=O) groups is 2. The van der Waals surface area contributed by atoms with Gasteiger partial charge in [-0.15, -0.1) is 6.58 Å². The lowest BCUT2D eigenvalue weighted by molar-refractivity contribution is -0.172. The zero-order chi connectivity index (χ0) is 14.7. The summed E-state index contributed by atoms with van der Waals surface area (Å²) in [6.45, 7) is 11.9. The maximum absolute atomic E-state index is 12.3. The molecule has 1 fully saturated rings. The second-order valence-electron chi connectivity index (χ2n) is 5.73. The molecule has 0 aromatic carbocycles. The van der Waals surface area contributed by atoms with Gasteiger partial charge < -0.3 is 9.47 Å². The van der Waals surface area contributed by atoms with Crippen molar-refractivity contribution in [3.05, 3.63) is 12.7 Å². The van der Waals surface area contributed by atoms with Gasteiger partial charge in [-0.2, -0.15) is 0 Å². The minimum absolute atomic E-state index is 0.0984. The van der Waals surface area contributed by atoms with Crippen LogP contribution in [-0.2, 0) is 19.1 Å². The lowest BCUT2D eigenvalue weighted by atomic mass is 9.80. The molecule has 0 aromatic rings. The molecule has 4 heteroatoms. The molecule has 0 radical (unpaired) electrons. The highest BCUT2D eigenvalue weighted by Crippen LogP contribution is 2.54. The summed E-state index contributed by atoms with van der Waals surface area (Å²) >= 11 is 0. The highest BCUT2D eigenvalue weighted by atomic mass is 16.6. The topological polar surface area (TPSA) is 52.6 Å². The lowest BCUT2D eigenvalue weighted by Crippen LogP contribution is -2.40. The van der Waals surface area contributed by atoms with E-state index < -0.39 is 17.4 Å². The van der Waals surface area contributed by atoms with Gasteiger partial charge in [-0.25, -0.2) is 0 Å². The molecular weight excluding hydrogens is 244 g/mol. The second kappa shape index (κ2) is 5.76. The number of esters is 2.